The van der Waals surface area contributed by atoms with Crippen LogP contribution in [-0.2, 0) is 11.2 Å². The summed E-state index contributed by atoms with van der Waals surface area (Å²) in [6.45, 7) is 5.82. The lowest BCUT2D eigenvalue weighted by Gasteiger charge is -2.10. The van der Waals surface area contributed by atoms with E-state index < -0.39 is 0 Å². The van der Waals surface area contributed by atoms with Crippen molar-refractivity contribution in [3.8, 4) is 11.1 Å². The number of primary amides is 1. The molecule has 0 fully saturated rings. The van der Waals surface area contributed by atoms with E-state index in [2.05, 4.69) is 46.5 Å². The van der Waals surface area contributed by atoms with E-state index in [9.17, 15) is 4.79 Å². The van der Waals surface area contributed by atoms with E-state index in [1.165, 1.54) is 17.3 Å². The Morgan fingerprint density at radius 1 is 1.29 bits per heavy atom. The molecule has 2 heterocycles. The summed E-state index contributed by atoms with van der Waals surface area (Å²) in [6.07, 6.45) is 1.02. The summed E-state index contributed by atoms with van der Waals surface area (Å²) < 4.78 is 0. The molecule has 2 aromatic heterocycles. The van der Waals surface area contributed by atoms with Gasteiger partial charge < -0.3 is 5.73 Å². The number of benzene rings is 1. The van der Waals surface area contributed by atoms with E-state index in [-0.39, 0.29) is 11.2 Å². The first kappa shape index (κ1) is 16.9. The van der Waals surface area contributed by atoms with Crippen LogP contribution in [0.5, 0.6) is 0 Å². The smallest absolute Gasteiger partial charge is 0.230 e. The highest BCUT2D eigenvalue weighted by molar-refractivity contribution is 8.00. The van der Waals surface area contributed by atoms with Crippen molar-refractivity contribution in [1.82, 2.24) is 9.97 Å². The fourth-order valence-corrected chi connectivity index (χ4v) is 4.47. The molecular weight excluding hydrogens is 338 g/mol. The zero-order valence-electron chi connectivity index (χ0n) is 13.9. The third-order valence-corrected chi connectivity index (χ3v) is 5.85. The summed E-state index contributed by atoms with van der Waals surface area (Å²) in [5.74, 6) is 0.366. The van der Waals surface area contributed by atoms with Gasteiger partial charge in [-0.1, -0.05) is 43.0 Å². The molecule has 0 saturated heterocycles. The highest BCUT2D eigenvalue weighted by atomic mass is 32.2. The molecule has 1 aromatic carbocycles. The number of thiophene rings is 1. The van der Waals surface area contributed by atoms with Crippen molar-refractivity contribution in [2.45, 2.75) is 37.5 Å². The summed E-state index contributed by atoms with van der Waals surface area (Å²) >= 11 is 3.00. The minimum absolute atomic E-state index is 0.335. The lowest BCUT2D eigenvalue weighted by molar-refractivity contribution is -0.117. The second-order valence-corrected chi connectivity index (χ2v) is 7.81. The molecule has 0 aliphatic rings. The number of fused-ring (bicyclic) bond motifs is 1. The number of thioether (sulfide) groups is 1. The fraction of sp³-hybridized carbons (Fsp3) is 0.278. The van der Waals surface area contributed by atoms with Gasteiger partial charge in [0.25, 0.3) is 0 Å². The molecule has 1 amide bonds. The maximum atomic E-state index is 11.4. The SMILES string of the molecule is CCc1ccc(-c2csc3nc(C)nc(SC(C)C(N)=O)c23)cc1. The van der Waals surface area contributed by atoms with Crippen LogP contribution in [0.15, 0.2) is 34.7 Å². The van der Waals surface area contributed by atoms with Crippen molar-refractivity contribution in [3.63, 3.8) is 0 Å². The fourth-order valence-electron chi connectivity index (χ4n) is 2.45. The Balaban J connectivity index is 2.13. The topological polar surface area (TPSA) is 68.9 Å². The van der Waals surface area contributed by atoms with E-state index in [0.29, 0.717) is 5.82 Å². The minimum Gasteiger partial charge on any atom is -0.369 e. The third kappa shape index (κ3) is 3.30. The largest absolute Gasteiger partial charge is 0.369 e. The number of aromatic nitrogens is 2. The van der Waals surface area contributed by atoms with Gasteiger partial charge in [-0.25, -0.2) is 9.97 Å². The van der Waals surface area contributed by atoms with Crippen LogP contribution in [0.3, 0.4) is 0 Å². The Morgan fingerprint density at radius 2 is 2.00 bits per heavy atom. The molecule has 24 heavy (non-hydrogen) atoms. The molecule has 0 aliphatic heterocycles. The molecule has 124 valence electrons. The zero-order valence-corrected chi connectivity index (χ0v) is 15.5. The van der Waals surface area contributed by atoms with Gasteiger partial charge in [0.2, 0.25) is 5.91 Å². The second kappa shape index (κ2) is 6.91. The van der Waals surface area contributed by atoms with Crippen LogP contribution in [0, 0.1) is 6.92 Å². The molecule has 1 unspecified atom stereocenters. The molecule has 3 aromatic rings. The number of hydrogen-bond acceptors (Lipinski definition) is 5. The molecule has 3 rings (SSSR count). The summed E-state index contributed by atoms with van der Waals surface area (Å²) in [7, 11) is 0. The quantitative estimate of drug-likeness (QED) is 0.549. The number of carbonyl (C=O) groups is 1. The lowest BCUT2D eigenvalue weighted by Crippen LogP contribution is -2.22. The van der Waals surface area contributed by atoms with E-state index in [1.54, 1.807) is 18.3 Å². The number of carbonyl (C=O) groups excluding carboxylic acids is 1. The Labute approximate surface area is 149 Å². The van der Waals surface area contributed by atoms with Gasteiger partial charge in [-0.2, -0.15) is 0 Å². The maximum Gasteiger partial charge on any atom is 0.230 e. The minimum atomic E-state index is -0.339. The van der Waals surface area contributed by atoms with Crippen LogP contribution in [0.25, 0.3) is 21.3 Å². The summed E-state index contributed by atoms with van der Waals surface area (Å²) in [5.41, 5.74) is 8.98. The van der Waals surface area contributed by atoms with Crippen molar-refractivity contribution in [2.75, 3.05) is 0 Å². The Bertz CT molecular complexity index is 887. The molecular formula is C18H19N3OS2. The van der Waals surface area contributed by atoms with Gasteiger partial charge in [0.05, 0.1) is 10.6 Å². The Hall–Kier alpha value is -1.92. The normalized spacial score (nSPS) is 12.5. The van der Waals surface area contributed by atoms with Gasteiger partial charge in [-0.05, 0) is 31.4 Å². The van der Waals surface area contributed by atoms with Crippen molar-refractivity contribution < 1.29 is 4.79 Å². The number of amides is 1. The third-order valence-electron chi connectivity index (χ3n) is 3.87. The monoisotopic (exact) mass is 357 g/mol. The highest BCUT2D eigenvalue weighted by Crippen LogP contribution is 2.39. The number of nitrogens with two attached hydrogens (primary N) is 1. The van der Waals surface area contributed by atoms with Crippen LogP contribution in [0.1, 0.15) is 25.2 Å². The predicted molar refractivity (Wildman–Crippen MR) is 101 cm³/mol. The Morgan fingerprint density at radius 3 is 2.62 bits per heavy atom. The van der Waals surface area contributed by atoms with Crippen LogP contribution in [0.4, 0.5) is 0 Å². The van der Waals surface area contributed by atoms with E-state index in [0.717, 1.165) is 32.8 Å². The van der Waals surface area contributed by atoms with Gasteiger partial charge in [0.1, 0.15) is 15.7 Å². The molecule has 2 N–H and O–H groups in total. The predicted octanol–water partition coefficient (Wildman–Crippen LogP) is 4.20. The molecule has 0 spiro atoms. The molecule has 0 saturated carbocycles. The first-order valence-corrected chi connectivity index (χ1v) is 9.56. The summed E-state index contributed by atoms with van der Waals surface area (Å²) in [5, 5.41) is 3.60. The molecule has 0 radical (unpaired) electrons. The molecule has 1 atom stereocenters. The number of aryl methyl sites for hydroxylation is 2. The van der Waals surface area contributed by atoms with Crippen molar-refractivity contribution in [1.29, 1.82) is 0 Å². The highest BCUT2D eigenvalue weighted by Gasteiger charge is 2.19. The van der Waals surface area contributed by atoms with Crippen LogP contribution < -0.4 is 5.73 Å². The summed E-state index contributed by atoms with van der Waals surface area (Å²) in [4.78, 5) is 21.5. The lowest BCUT2D eigenvalue weighted by atomic mass is 10.0. The molecule has 0 bridgehead atoms. The van der Waals surface area contributed by atoms with Gasteiger partial charge in [0.15, 0.2) is 0 Å². The number of hydrogen-bond donors (Lipinski definition) is 1. The molecule has 6 heteroatoms. The van der Waals surface area contributed by atoms with Crippen molar-refractivity contribution >= 4 is 39.2 Å². The van der Waals surface area contributed by atoms with E-state index in [4.69, 9.17) is 5.73 Å². The van der Waals surface area contributed by atoms with Crippen LogP contribution in [0.2, 0.25) is 0 Å². The zero-order chi connectivity index (χ0) is 17.3. The number of nitrogens with zero attached hydrogens (tertiary/aromatic N) is 2. The summed E-state index contributed by atoms with van der Waals surface area (Å²) in [6, 6.07) is 8.55. The maximum absolute atomic E-state index is 11.4. The van der Waals surface area contributed by atoms with E-state index in [1.807, 2.05) is 6.92 Å². The van der Waals surface area contributed by atoms with Crippen LogP contribution >= 0.6 is 23.1 Å². The van der Waals surface area contributed by atoms with Crippen molar-refractivity contribution in [3.05, 3.63) is 41.0 Å². The second-order valence-electron chi connectivity index (χ2n) is 5.62. The average molecular weight is 358 g/mol. The standard InChI is InChI=1S/C18H19N3OS2/c1-4-12-5-7-13(8-6-12)14-9-23-17-15(14)18(21-11(3)20-17)24-10(2)16(19)22/h5-10H,4H2,1-3H3,(H2,19,22). The van der Waals surface area contributed by atoms with Crippen LogP contribution in [-0.4, -0.2) is 21.1 Å². The first-order valence-electron chi connectivity index (χ1n) is 7.80. The Kier molecular flexibility index (Phi) is 4.87. The van der Waals surface area contributed by atoms with Gasteiger partial charge in [-0.3, -0.25) is 4.79 Å². The first-order chi connectivity index (χ1) is 11.5. The van der Waals surface area contributed by atoms with E-state index >= 15 is 0 Å². The van der Waals surface area contributed by atoms with Gasteiger partial charge in [-0.15, -0.1) is 11.3 Å². The van der Waals surface area contributed by atoms with Gasteiger partial charge in [0, 0.05) is 10.9 Å². The number of rotatable bonds is 5. The van der Waals surface area contributed by atoms with Crippen molar-refractivity contribution in [2.24, 2.45) is 5.73 Å². The molecule has 4 nitrogen and oxygen atoms in total. The average Bonchev–Trinajstić information content (AvgIpc) is 2.98. The van der Waals surface area contributed by atoms with Gasteiger partial charge >= 0.3 is 0 Å². The molecule has 0 aliphatic carbocycles.